The molecule has 290 valence electrons. The molecule has 1 aliphatic rings. The average molecular weight is 778 g/mol. The van der Waals surface area contributed by atoms with E-state index in [4.69, 9.17) is 14.2 Å². The van der Waals surface area contributed by atoms with Gasteiger partial charge in [0.15, 0.2) is 11.5 Å². The van der Waals surface area contributed by atoms with E-state index in [2.05, 4.69) is 22.5 Å². The molecule has 0 amide bonds. The van der Waals surface area contributed by atoms with E-state index >= 15 is 0 Å². The number of rotatable bonds is 16. The summed E-state index contributed by atoms with van der Waals surface area (Å²) in [6, 6.07) is 17.3. The first-order chi connectivity index (χ1) is 26.1. The number of hydrogen-bond acceptors (Lipinski definition) is 12. The number of fused-ring (bicyclic) bond motifs is 1. The molecule has 1 atom stereocenters. The van der Waals surface area contributed by atoms with Crippen molar-refractivity contribution >= 4 is 39.5 Å². The van der Waals surface area contributed by atoms with Crippen molar-refractivity contribution in [1.29, 1.82) is 0 Å². The van der Waals surface area contributed by atoms with E-state index < -0.39 is 11.6 Å². The van der Waals surface area contributed by atoms with Crippen LogP contribution in [0.1, 0.15) is 78.7 Å². The van der Waals surface area contributed by atoms with Gasteiger partial charge < -0.3 is 45.1 Å². The zero-order valence-electron chi connectivity index (χ0n) is 31.1. The SMILES string of the molecule is CNCCCCOc1cc(OC)c(CNCC(C)c2ccc(O)c3[nH]c(=O)ccc23)cc1O.O=C(OC1CCCCC1)C(O)(c1cccs1)c1cccs1. The largest absolute Gasteiger partial charge is 0.506 e. The second-order valence-electron chi connectivity index (χ2n) is 13.4. The van der Waals surface area contributed by atoms with Crippen LogP contribution < -0.4 is 25.7 Å². The van der Waals surface area contributed by atoms with E-state index in [1.54, 1.807) is 43.5 Å². The number of phenolic OH excluding ortho intramolecular Hbond substituents is 2. The summed E-state index contributed by atoms with van der Waals surface area (Å²) < 4.78 is 16.9. The highest BCUT2D eigenvalue weighted by Gasteiger charge is 2.44. The van der Waals surface area contributed by atoms with Crippen LogP contribution in [0.4, 0.5) is 0 Å². The van der Waals surface area contributed by atoms with Gasteiger partial charge in [-0.25, -0.2) is 4.79 Å². The van der Waals surface area contributed by atoms with Gasteiger partial charge in [-0.1, -0.05) is 31.5 Å². The molecule has 6 rings (SSSR count). The summed E-state index contributed by atoms with van der Waals surface area (Å²) >= 11 is 2.75. The Morgan fingerprint density at radius 2 is 1.69 bits per heavy atom. The second-order valence-corrected chi connectivity index (χ2v) is 15.3. The fourth-order valence-corrected chi connectivity index (χ4v) is 8.27. The first-order valence-electron chi connectivity index (χ1n) is 18.4. The zero-order chi connectivity index (χ0) is 38.5. The number of aromatic amines is 1. The van der Waals surface area contributed by atoms with Crippen LogP contribution in [0.3, 0.4) is 0 Å². The van der Waals surface area contributed by atoms with E-state index in [1.807, 2.05) is 36.0 Å². The first kappa shape index (κ1) is 40.8. The molecule has 54 heavy (non-hydrogen) atoms. The number of aromatic nitrogens is 1. The van der Waals surface area contributed by atoms with E-state index in [-0.39, 0.29) is 29.1 Å². The number of aliphatic hydroxyl groups is 1. The molecule has 1 aliphatic carbocycles. The third kappa shape index (κ3) is 10.2. The lowest BCUT2D eigenvalue weighted by molar-refractivity contribution is -0.168. The third-order valence-electron chi connectivity index (χ3n) is 9.52. The predicted molar refractivity (Wildman–Crippen MR) is 214 cm³/mol. The average Bonchev–Trinajstić information content (AvgIpc) is 3.93. The van der Waals surface area contributed by atoms with Gasteiger partial charge in [0.25, 0.3) is 0 Å². The Hall–Kier alpha value is -4.40. The van der Waals surface area contributed by atoms with Crippen LogP contribution in [0.25, 0.3) is 10.9 Å². The van der Waals surface area contributed by atoms with Crippen molar-refractivity contribution in [1.82, 2.24) is 15.6 Å². The highest BCUT2D eigenvalue weighted by Crippen LogP contribution is 2.38. The molecule has 13 heteroatoms. The minimum absolute atomic E-state index is 0.0520. The molecule has 1 fully saturated rings. The molecule has 0 bridgehead atoms. The molecule has 5 aromatic rings. The topological polar surface area (TPSA) is 162 Å². The Labute approximate surface area is 323 Å². The summed E-state index contributed by atoms with van der Waals surface area (Å²) in [6.07, 6.45) is 7.02. The molecule has 3 aromatic heterocycles. The molecule has 0 aliphatic heterocycles. The Kier molecular flexibility index (Phi) is 14.9. The molecule has 6 N–H and O–H groups in total. The maximum absolute atomic E-state index is 12.7. The summed E-state index contributed by atoms with van der Waals surface area (Å²) in [5, 5.41) is 42.6. The van der Waals surface area contributed by atoms with E-state index in [9.17, 15) is 24.9 Å². The molecular weight excluding hydrogens is 727 g/mol. The van der Waals surface area contributed by atoms with Gasteiger partial charge in [-0.2, -0.15) is 0 Å². The van der Waals surface area contributed by atoms with Gasteiger partial charge in [0, 0.05) is 36.2 Å². The lowest BCUT2D eigenvalue weighted by Gasteiger charge is -2.28. The lowest BCUT2D eigenvalue weighted by Crippen LogP contribution is -2.39. The highest BCUT2D eigenvalue weighted by atomic mass is 32.1. The Morgan fingerprint density at radius 3 is 2.33 bits per heavy atom. The molecule has 1 unspecified atom stereocenters. The number of pyridine rings is 1. The maximum Gasteiger partial charge on any atom is 0.349 e. The predicted octanol–water partition coefficient (Wildman–Crippen LogP) is 7.14. The first-order valence-corrected chi connectivity index (χ1v) is 20.2. The molecule has 2 aromatic carbocycles. The number of nitrogens with one attached hydrogen (secondary N) is 3. The molecule has 1 saturated carbocycles. The Bertz CT molecular complexity index is 1940. The number of carbonyl (C=O) groups excluding carboxylic acids is 1. The van der Waals surface area contributed by atoms with Crippen molar-refractivity contribution in [2.24, 2.45) is 0 Å². The van der Waals surface area contributed by atoms with E-state index in [1.165, 1.54) is 35.2 Å². The molecule has 11 nitrogen and oxygen atoms in total. The van der Waals surface area contributed by atoms with Crippen molar-refractivity contribution in [2.75, 3.05) is 33.9 Å². The summed E-state index contributed by atoms with van der Waals surface area (Å²) in [6.45, 7) is 4.67. The fraction of sp³-hybridized carbons (Fsp3) is 0.415. The molecule has 0 saturated heterocycles. The van der Waals surface area contributed by atoms with Crippen LogP contribution in [0.5, 0.6) is 23.0 Å². The Balaban J connectivity index is 0.000000228. The monoisotopic (exact) mass is 777 g/mol. The van der Waals surface area contributed by atoms with E-state index in [0.29, 0.717) is 46.5 Å². The van der Waals surface area contributed by atoms with Crippen molar-refractivity contribution in [3.63, 3.8) is 0 Å². The van der Waals surface area contributed by atoms with Crippen molar-refractivity contribution in [3.8, 4) is 23.0 Å². The smallest absolute Gasteiger partial charge is 0.349 e. The van der Waals surface area contributed by atoms with E-state index in [0.717, 1.165) is 61.6 Å². The molecule has 0 spiro atoms. The standard InChI is InChI=1S/C25H33N3O5.C16H18O3S2/c1-16(18-6-8-20(29)25-19(18)7-9-24(31)28-25)14-27-15-17-12-21(30)23(13-22(17)32-3)33-11-5-4-10-26-2;17-15(19-12-6-2-1-3-7-12)16(18,13-8-4-10-20-13)14-9-5-11-21-14/h6-9,12-13,16,26-27,29-30H,4-5,10-11,14-15H2,1-3H3,(H,28,31);4-5,8-12,18H,1-3,6-7H2. The molecule has 0 radical (unpaired) electrons. The number of thiophene rings is 2. The van der Waals surface area contributed by atoms with Crippen LogP contribution in [0, 0.1) is 0 Å². The number of unbranched alkanes of at least 4 members (excludes halogenated alkanes) is 1. The van der Waals surface area contributed by atoms with Crippen molar-refractivity contribution < 1.29 is 34.3 Å². The number of aromatic hydroxyl groups is 2. The lowest BCUT2D eigenvalue weighted by atomic mass is 9.96. The van der Waals surface area contributed by atoms with Gasteiger partial charge in [-0.05, 0) is 105 Å². The van der Waals surface area contributed by atoms with Crippen molar-refractivity contribution in [2.45, 2.75) is 76.0 Å². The van der Waals surface area contributed by atoms with Crippen LogP contribution in [0.15, 0.2) is 76.2 Å². The fourth-order valence-electron chi connectivity index (χ4n) is 6.56. The van der Waals surface area contributed by atoms with Gasteiger partial charge in [0.2, 0.25) is 11.2 Å². The van der Waals surface area contributed by atoms with Gasteiger partial charge >= 0.3 is 5.97 Å². The normalized spacial score (nSPS) is 13.9. The number of ether oxygens (including phenoxy) is 3. The summed E-state index contributed by atoms with van der Waals surface area (Å²) in [4.78, 5) is 28.2. The molecular formula is C41H51N3O8S2. The number of hydrogen-bond donors (Lipinski definition) is 6. The number of esters is 1. The minimum atomic E-state index is -1.67. The maximum atomic E-state index is 12.7. The number of benzene rings is 2. The Morgan fingerprint density at radius 1 is 0.963 bits per heavy atom. The van der Waals surface area contributed by atoms with Crippen LogP contribution in [0.2, 0.25) is 0 Å². The van der Waals surface area contributed by atoms with Gasteiger partial charge in [0.05, 0.1) is 29.0 Å². The summed E-state index contributed by atoms with van der Waals surface area (Å²) in [5.74, 6) is 0.765. The number of phenols is 2. The van der Waals surface area contributed by atoms with Gasteiger partial charge in [0.1, 0.15) is 17.6 Å². The van der Waals surface area contributed by atoms with Crippen LogP contribution in [-0.2, 0) is 21.7 Å². The third-order valence-corrected chi connectivity index (χ3v) is 11.5. The number of H-pyrrole nitrogens is 1. The number of carbonyl (C=O) groups is 1. The van der Waals surface area contributed by atoms with Crippen LogP contribution >= 0.6 is 22.7 Å². The minimum Gasteiger partial charge on any atom is -0.506 e. The van der Waals surface area contributed by atoms with Crippen LogP contribution in [-0.4, -0.2) is 66.2 Å². The number of methoxy groups -OCH3 is 1. The van der Waals surface area contributed by atoms with Gasteiger partial charge in [-0.3, -0.25) is 4.79 Å². The highest BCUT2D eigenvalue weighted by molar-refractivity contribution is 7.12. The quantitative estimate of drug-likeness (QED) is 0.0449. The van der Waals surface area contributed by atoms with Gasteiger partial charge in [-0.15, -0.1) is 22.7 Å². The zero-order valence-corrected chi connectivity index (χ0v) is 32.7. The molecule has 3 heterocycles. The van der Waals surface area contributed by atoms with Crippen molar-refractivity contribution in [3.05, 3.63) is 103 Å². The second kappa shape index (κ2) is 19.8. The summed E-state index contributed by atoms with van der Waals surface area (Å²) in [7, 11) is 3.51. The summed E-state index contributed by atoms with van der Waals surface area (Å²) in [5.41, 5.74) is 0.366.